The van der Waals surface area contributed by atoms with Gasteiger partial charge in [-0.05, 0) is 53.7 Å². The summed E-state index contributed by atoms with van der Waals surface area (Å²) in [5.74, 6) is 0.908. The molecule has 2 aromatic carbocycles. The summed E-state index contributed by atoms with van der Waals surface area (Å²) in [4.78, 5) is 3.25. The van der Waals surface area contributed by atoms with Gasteiger partial charge in [0.05, 0.1) is 7.11 Å². The second-order valence-electron chi connectivity index (χ2n) is 5.17. The van der Waals surface area contributed by atoms with Crippen LogP contribution in [-0.2, 0) is 13.0 Å². The van der Waals surface area contributed by atoms with Crippen molar-refractivity contribution in [1.82, 2.24) is 10.3 Å². The SMILES string of the molecule is COc1ccc(CCNCc2ccc3cc[nH]c3c2)cc1. The Morgan fingerprint density at radius 1 is 1.00 bits per heavy atom. The van der Waals surface area contributed by atoms with Gasteiger partial charge in [-0.1, -0.05) is 24.3 Å². The minimum atomic E-state index is 0.894. The molecule has 0 amide bonds. The highest BCUT2D eigenvalue weighted by Gasteiger charge is 1.98. The van der Waals surface area contributed by atoms with Gasteiger partial charge < -0.3 is 15.0 Å². The number of hydrogen-bond acceptors (Lipinski definition) is 2. The normalized spacial score (nSPS) is 10.9. The summed E-state index contributed by atoms with van der Waals surface area (Å²) in [6.45, 7) is 1.86. The van der Waals surface area contributed by atoms with Crippen molar-refractivity contribution in [3.05, 3.63) is 65.9 Å². The molecule has 0 aliphatic rings. The van der Waals surface area contributed by atoms with E-state index in [0.717, 1.165) is 25.3 Å². The highest BCUT2D eigenvalue weighted by Crippen LogP contribution is 2.14. The molecule has 3 rings (SSSR count). The van der Waals surface area contributed by atoms with Crippen LogP contribution in [-0.4, -0.2) is 18.6 Å². The van der Waals surface area contributed by atoms with Gasteiger partial charge in [-0.2, -0.15) is 0 Å². The van der Waals surface area contributed by atoms with E-state index in [0.29, 0.717) is 0 Å². The van der Waals surface area contributed by atoms with Crippen LogP contribution in [0.15, 0.2) is 54.7 Å². The van der Waals surface area contributed by atoms with Crippen LogP contribution in [0.1, 0.15) is 11.1 Å². The van der Waals surface area contributed by atoms with Crippen molar-refractivity contribution < 1.29 is 4.74 Å². The maximum Gasteiger partial charge on any atom is 0.118 e. The number of H-pyrrole nitrogens is 1. The maximum atomic E-state index is 5.16. The highest BCUT2D eigenvalue weighted by molar-refractivity contribution is 5.79. The van der Waals surface area contributed by atoms with Crippen molar-refractivity contribution in [3.8, 4) is 5.75 Å². The molecule has 0 saturated heterocycles. The van der Waals surface area contributed by atoms with Crippen molar-refractivity contribution in [3.63, 3.8) is 0 Å². The number of hydrogen-bond donors (Lipinski definition) is 2. The van der Waals surface area contributed by atoms with Crippen LogP contribution in [0.25, 0.3) is 10.9 Å². The van der Waals surface area contributed by atoms with E-state index in [1.54, 1.807) is 7.11 Å². The lowest BCUT2D eigenvalue weighted by molar-refractivity contribution is 0.414. The number of benzene rings is 2. The van der Waals surface area contributed by atoms with Crippen LogP contribution in [0.4, 0.5) is 0 Å². The number of aromatic nitrogens is 1. The van der Waals surface area contributed by atoms with E-state index in [1.165, 1.54) is 22.0 Å². The summed E-state index contributed by atoms with van der Waals surface area (Å²) >= 11 is 0. The van der Waals surface area contributed by atoms with Gasteiger partial charge in [0.2, 0.25) is 0 Å². The summed E-state index contributed by atoms with van der Waals surface area (Å²) < 4.78 is 5.16. The molecule has 0 bridgehead atoms. The fraction of sp³-hybridized carbons (Fsp3) is 0.222. The zero-order valence-electron chi connectivity index (χ0n) is 12.2. The van der Waals surface area contributed by atoms with E-state index >= 15 is 0 Å². The first kappa shape index (κ1) is 13.7. The number of rotatable bonds is 6. The smallest absolute Gasteiger partial charge is 0.118 e. The Bertz CT molecular complexity index is 701. The minimum absolute atomic E-state index is 0.894. The van der Waals surface area contributed by atoms with Crippen LogP contribution in [0.5, 0.6) is 5.75 Å². The molecule has 1 aromatic heterocycles. The molecule has 0 aliphatic heterocycles. The standard InChI is InChI=1S/C18H20N2O/c1-21-17-6-3-14(4-7-17)8-10-19-13-15-2-5-16-9-11-20-18(16)12-15/h2-7,9,11-12,19-20H,8,10,13H2,1H3. The number of methoxy groups -OCH3 is 1. The van der Waals surface area contributed by atoms with Gasteiger partial charge in [-0.15, -0.1) is 0 Å². The van der Waals surface area contributed by atoms with E-state index in [1.807, 2.05) is 18.3 Å². The number of ether oxygens (including phenoxy) is 1. The molecule has 21 heavy (non-hydrogen) atoms. The molecular formula is C18H20N2O. The van der Waals surface area contributed by atoms with E-state index in [2.05, 4.69) is 46.7 Å². The minimum Gasteiger partial charge on any atom is -0.497 e. The lowest BCUT2D eigenvalue weighted by atomic mass is 10.1. The van der Waals surface area contributed by atoms with Gasteiger partial charge in [0.15, 0.2) is 0 Å². The molecule has 3 heteroatoms. The Labute approximate surface area is 125 Å². The van der Waals surface area contributed by atoms with Crippen molar-refractivity contribution in [2.75, 3.05) is 13.7 Å². The number of fused-ring (bicyclic) bond motifs is 1. The lowest BCUT2D eigenvalue weighted by Gasteiger charge is -2.06. The van der Waals surface area contributed by atoms with E-state index in [4.69, 9.17) is 4.74 Å². The predicted octanol–water partition coefficient (Wildman–Crippen LogP) is 3.51. The largest absolute Gasteiger partial charge is 0.497 e. The van der Waals surface area contributed by atoms with Gasteiger partial charge in [0.1, 0.15) is 5.75 Å². The highest BCUT2D eigenvalue weighted by atomic mass is 16.5. The molecule has 0 fully saturated rings. The molecule has 0 atom stereocenters. The van der Waals surface area contributed by atoms with Crippen LogP contribution >= 0.6 is 0 Å². The number of nitrogens with one attached hydrogen (secondary N) is 2. The lowest BCUT2D eigenvalue weighted by Crippen LogP contribution is -2.16. The zero-order valence-corrected chi connectivity index (χ0v) is 12.2. The summed E-state index contributed by atoms with van der Waals surface area (Å²) in [7, 11) is 1.69. The fourth-order valence-electron chi connectivity index (χ4n) is 2.46. The van der Waals surface area contributed by atoms with E-state index in [9.17, 15) is 0 Å². The second kappa shape index (κ2) is 6.46. The molecule has 0 spiro atoms. The van der Waals surface area contributed by atoms with Crippen LogP contribution < -0.4 is 10.1 Å². The zero-order chi connectivity index (χ0) is 14.5. The second-order valence-corrected chi connectivity index (χ2v) is 5.17. The molecule has 0 radical (unpaired) electrons. The molecular weight excluding hydrogens is 260 g/mol. The first-order valence-electron chi connectivity index (χ1n) is 7.25. The van der Waals surface area contributed by atoms with Gasteiger partial charge in [0.25, 0.3) is 0 Å². The van der Waals surface area contributed by atoms with Crippen molar-refractivity contribution >= 4 is 10.9 Å². The third kappa shape index (κ3) is 3.44. The Kier molecular flexibility index (Phi) is 4.22. The molecule has 108 valence electrons. The maximum absolute atomic E-state index is 5.16. The van der Waals surface area contributed by atoms with Crippen molar-refractivity contribution in [1.29, 1.82) is 0 Å². The Morgan fingerprint density at radius 2 is 1.81 bits per heavy atom. The monoisotopic (exact) mass is 280 g/mol. The molecule has 1 heterocycles. The molecule has 3 nitrogen and oxygen atoms in total. The Morgan fingerprint density at radius 3 is 2.62 bits per heavy atom. The first-order chi connectivity index (χ1) is 10.3. The van der Waals surface area contributed by atoms with Crippen molar-refractivity contribution in [2.24, 2.45) is 0 Å². The summed E-state index contributed by atoms with van der Waals surface area (Å²) in [6.07, 6.45) is 3.00. The average molecular weight is 280 g/mol. The summed E-state index contributed by atoms with van der Waals surface area (Å²) in [5, 5.41) is 4.75. The van der Waals surface area contributed by atoms with Gasteiger partial charge in [-0.3, -0.25) is 0 Å². The Hall–Kier alpha value is -2.26. The van der Waals surface area contributed by atoms with Crippen LogP contribution in [0, 0.1) is 0 Å². The van der Waals surface area contributed by atoms with Gasteiger partial charge in [-0.25, -0.2) is 0 Å². The molecule has 0 saturated carbocycles. The quantitative estimate of drug-likeness (QED) is 0.678. The third-order valence-corrected chi connectivity index (χ3v) is 3.70. The van der Waals surface area contributed by atoms with Crippen LogP contribution in [0.3, 0.4) is 0 Å². The molecule has 0 unspecified atom stereocenters. The van der Waals surface area contributed by atoms with E-state index in [-0.39, 0.29) is 0 Å². The van der Waals surface area contributed by atoms with Crippen LogP contribution in [0.2, 0.25) is 0 Å². The number of aromatic amines is 1. The van der Waals surface area contributed by atoms with Crippen molar-refractivity contribution in [2.45, 2.75) is 13.0 Å². The predicted molar refractivity (Wildman–Crippen MR) is 86.7 cm³/mol. The fourth-order valence-corrected chi connectivity index (χ4v) is 2.46. The summed E-state index contributed by atoms with van der Waals surface area (Å²) in [5.41, 5.74) is 3.83. The van der Waals surface area contributed by atoms with Gasteiger partial charge in [0, 0.05) is 18.3 Å². The summed E-state index contributed by atoms with van der Waals surface area (Å²) in [6, 6.07) is 16.9. The molecule has 0 aliphatic carbocycles. The Balaban J connectivity index is 1.48. The molecule has 3 aromatic rings. The average Bonchev–Trinajstić information content (AvgIpc) is 3.00. The van der Waals surface area contributed by atoms with E-state index < -0.39 is 0 Å². The first-order valence-corrected chi connectivity index (χ1v) is 7.25. The topological polar surface area (TPSA) is 37.0 Å². The molecule has 2 N–H and O–H groups in total. The third-order valence-electron chi connectivity index (χ3n) is 3.70. The van der Waals surface area contributed by atoms with Gasteiger partial charge >= 0.3 is 0 Å².